The summed E-state index contributed by atoms with van der Waals surface area (Å²) in [6, 6.07) is 1.72. The molecule has 0 atom stereocenters. The molecule has 1 radical (unpaired) electrons. The Morgan fingerprint density at radius 1 is 1.27 bits per heavy atom. The van der Waals surface area contributed by atoms with Gasteiger partial charge in [-0.2, -0.15) is 0 Å². The Hall–Kier alpha value is -0.0400. The summed E-state index contributed by atoms with van der Waals surface area (Å²) >= 11 is 0. The van der Waals surface area contributed by atoms with Gasteiger partial charge in [-0.25, -0.2) is 0 Å². The van der Waals surface area contributed by atoms with E-state index in [1.165, 1.54) is 45.2 Å². The van der Waals surface area contributed by atoms with Crippen molar-refractivity contribution in [3.63, 3.8) is 0 Å². The first-order valence-corrected chi connectivity index (χ1v) is 4.98. The van der Waals surface area contributed by atoms with Gasteiger partial charge in [-0.05, 0) is 38.8 Å². The van der Waals surface area contributed by atoms with E-state index in [0.717, 1.165) is 0 Å². The fourth-order valence-electron chi connectivity index (χ4n) is 1.90. The number of hydrogen-bond acceptors (Lipinski definition) is 1. The molecular formula is C10H20N. The lowest BCUT2D eigenvalue weighted by Gasteiger charge is -2.22. The van der Waals surface area contributed by atoms with Crippen molar-refractivity contribution in [3.8, 4) is 0 Å². The molecule has 0 aromatic carbocycles. The average Bonchev–Trinajstić information content (AvgIpc) is 2.39. The molecule has 1 aliphatic rings. The van der Waals surface area contributed by atoms with Crippen LogP contribution in [-0.4, -0.2) is 18.0 Å². The second kappa shape index (κ2) is 4.76. The largest absolute Gasteiger partial charge is 0.296 e. The van der Waals surface area contributed by atoms with Crippen molar-refractivity contribution in [2.24, 2.45) is 0 Å². The predicted molar refractivity (Wildman–Crippen MR) is 49.2 cm³/mol. The lowest BCUT2D eigenvalue weighted by molar-refractivity contribution is 0.323. The molecule has 0 unspecified atom stereocenters. The van der Waals surface area contributed by atoms with Crippen LogP contribution in [0, 0.1) is 6.04 Å². The number of rotatable bonds is 4. The second-order valence-corrected chi connectivity index (χ2v) is 3.41. The van der Waals surface area contributed by atoms with Crippen molar-refractivity contribution in [2.45, 2.75) is 46.0 Å². The first kappa shape index (κ1) is 9.05. The fraction of sp³-hybridized carbons (Fsp3) is 0.900. The summed E-state index contributed by atoms with van der Waals surface area (Å²) in [5.41, 5.74) is 0. The molecule has 0 amide bonds. The highest BCUT2D eigenvalue weighted by molar-refractivity contribution is 4.94. The van der Waals surface area contributed by atoms with Crippen molar-refractivity contribution in [2.75, 3.05) is 13.1 Å². The Balaban J connectivity index is 2.25. The van der Waals surface area contributed by atoms with Crippen molar-refractivity contribution >= 4 is 0 Å². The van der Waals surface area contributed by atoms with E-state index >= 15 is 0 Å². The van der Waals surface area contributed by atoms with Gasteiger partial charge in [0.2, 0.25) is 0 Å². The topological polar surface area (TPSA) is 3.24 Å². The highest BCUT2D eigenvalue weighted by atomic mass is 15.2. The summed E-state index contributed by atoms with van der Waals surface area (Å²) in [7, 11) is 0. The third-order valence-corrected chi connectivity index (χ3v) is 2.37. The van der Waals surface area contributed by atoms with Crippen LogP contribution in [0.5, 0.6) is 0 Å². The minimum atomic E-state index is 1.29. The van der Waals surface area contributed by atoms with Crippen LogP contribution in [0.2, 0.25) is 0 Å². The fourth-order valence-corrected chi connectivity index (χ4v) is 1.90. The summed E-state index contributed by atoms with van der Waals surface area (Å²) in [5, 5.41) is 0. The van der Waals surface area contributed by atoms with Gasteiger partial charge in [0.1, 0.15) is 0 Å². The van der Waals surface area contributed by atoms with E-state index in [4.69, 9.17) is 0 Å². The lowest BCUT2D eigenvalue weighted by Crippen LogP contribution is -2.23. The van der Waals surface area contributed by atoms with E-state index in [9.17, 15) is 0 Å². The van der Waals surface area contributed by atoms with Gasteiger partial charge in [-0.1, -0.05) is 20.3 Å². The van der Waals surface area contributed by atoms with Crippen molar-refractivity contribution in [1.29, 1.82) is 0 Å². The number of likely N-dealkylation sites (tertiary alicyclic amines) is 1. The average molecular weight is 154 g/mol. The first-order chi connectivity index (χ1) is 5.38. The smallest absolute Gasteiger partial charge is 0.0393 e. The standard InChI is InChI=1S/C10H20N/c1-3-6-10-7-5-9-11(10)8-4-2/h3-9H2,1-2H3. The summed E-state index contributed by atoms with van der Waals surface area (Å²) < 4.78 is 0. The molecule has 1 nitrogen and oxygen atoms in total. The molecule has 1 fully saturated rings. The number of hydrogen-bond donors (Lipinski definition) is 0. The summed E-state index contributed by atoms with van der Waals surface area (Å²) in [6.07, 6.45) is 6.71. The third-order valence-electron chi connectivity index (χ3n) is 2.37. The van der Waals surface area contributed by atoms with Crippen LogP contribution >= 0.6 is 0 Å². The SMILES string of the molecule is CCC[C]1CCCN1CCC. The van der Waals surface area contributed by atoms with Gasteiger partial charge in [0, 0.05) is 6.04 Å². The van der Waals surface area contributed by atoms with Crippen molar-refractivity contribution in [1.82, 2.24) is 4.90 Å². The zero-order valence-corrected chi connectivity index (χ0v) is 7.90. The molecular weight excluding hydrogens is 134 g/mol. The van der Waals surface area contributed by atoms with Gasteiger partial charge >= 0.3 is 0 Å². The van der Waals surface area contributed by atoms with Crippen LogP contribution in [0.4, 0.5) is 0 Å². The molecule has 0 aromatic heterocycles. The molecule has 0 bridgehead atoms. The van der Waals surface area contributed by atoms with Crippen LogP contribution in [-0.2, 0) is 0 Å². The van der Waals surface area contributed by atoms with Crippen molar-refractivity contribution in [3.05, 3.63) is 6.04 Å². The van der Waals surface area contributed by atoms with Crippen LogP contribution in [0.1, 0.15) is 46.0 Å². The minimum absolute atomic E-state index is 1.29. The minimum Gasteiger partial charge on any atom is -0.296 e. The first-order valence-electron chi connectivity index (χ1n) is 4.98. The maximum absolute atomic E-state index is 2.59. The van der Waals surface area contributed by atoms with Crippen molar-refractivity contribution < 1.29 is 0 Å². The molecule has 0 aromatic rings. The van der Waals surface area contributed by atoms with Gasteiger partial charge in [0.05, 0.1) is 0 Å². The second-order valence-electron chi connectivity index (χ2n) is 3.41. The highest BCUT2D eigenvalue weighted by Crippen LogP contribution is 2.27. The molecule has 1 aliphatic heterocycles. The molecule has 1 saturated heterocycles. The molecule has 65 valence electrons. The van der Waals surface area contributed by atoms with E-state index in [2.05, 4.69) is 18.7 Å². The maximum atomic E-state index is 2.59. The van der Waals surface area contributed by atoms with E-state index in [0.29, 0.717) is 0 Å². The molecule has 1 heterocycles. The van der Waals surface area contributed by atoms with Gasteiger partial charge in [0.15, 0.2) is 0 Å². The Kier molecular flexibility index (Phi) is 3.92. The predicted octanol–water partition coefficient (Wildman–Crippen LogP) is 2.82. The third kappa shape index (κ3) is 2.48. The van der Waals surface area contributed by atoms with Gasteiger partial charge in [-0.3, -0.25) is 4.90 Å². The Morgan fingerprint density at radius 3 is 2.73 bits per heavy atom. The monoisotopic (exact) mass is 154 g/mol. The van der Waals surface area contributed by atoms with E-state index in [1.807, 2.05) is 0 Å². The molecule has 0 spiro atoms. The van der Waals surface area contributed by atoms with E-state index < -0.39 is 0 Å². The van der Waals surface area contributed by atoms with E-state index in [-0.39, 0.29) is 0 Å². The normalized spacial score (nSPS) is 21.3. The van der Waals surface area contributed by atoms with Gasteiger partial charge < -0.3 is 0 Å². The Labute approximate surface area is 70.8 Å². The quantitative estimate of drug-likeness (QED) is 0.602. The van der Waals surface area contributed by atoms with Gasteiger partial charge in [-0.15, -0.1) is 0 Å². The molecule has 1 rings (SSSR count). The Morgan fingerprint density at radius 2 is 2.09 bits per heavy atom. The summed E-state index contributed by atoms with van der Waals surface area (Å²) in [4.78, 5) is 2.59. The lowest BCUT2D eigenvalue weighted by atomic mass is 10.1. The summed E-state index contributed by atoms with van der Waals surface area (Å²) in [6.45, 7) is 7.15. The Bertz CT molecular complexity index is 89.0. The molecule has 1 heteroatoms. The maximum Gasteiger partial charge on any atom is 0.0393 e. The summed E-state index contributed by atoms with van der Waals surface area (Å²) in [5.74, 6) is 0. The number of nitrogens with zero attached hydrogens (tertiary/aromatic N) is 1. The zero-order chi connectivity index (χ0) is 8.10. The van der Waals surface area contributed by atoms with E-state index in [1.54, 1.807) is 6.04 Å². The van der Waals surface area contributed by atoms with Gasteiger partial charge in [0.25, 0.3) is 0 Å². The molecule has 0 saturated carbocycles. The van der Waals surface area contributed by atoms with Crippen LogP contribution in [0.25, 0.3) is 0 Å². The molecule has 0 aliphatic carbocycles. The highest BCUT2D eigenvalue weighted by Gasteiger charge is 2.22. The molecule has 11 heavy (non-hydrogen) atoms. The van der Waals surface area contributed by atoms with Crippen LogP contribution in [0.3, 0.4) is 0 Å². The zero-order valence-electron chi connectivity index (χ0n) is 7.90. The van der Waals surface area contributed by atoms with Crippen LogP contribution in [0.15, 0.2) is 0 Å². The van der Waals surface area contributed by atoms with Crippen LogP contribution < -0.4 is 0 Å². The molecule has 0 N–H and O–H groups in total.